The Morgan fingerprint density at radius 1 is 1.10 bits per heavy atom. The second kappa shape index (κ2) is 6.64. The monoisotopic (exact) mass is 345 g/mol. The standard InChI is InChI=1S/C14H10Cl3NOS/c15-10-2-1-3-12(13(10)17)19-7-9-5-4-8(14(18)20)6-11(9)16/h1-6H,7H2,(H2,18,20). The largest absolute Gasteiger partial charge is 0.487 e. The molecule has 0 spiro atoms. The molecule has 20 heavy (non-hydrogen) atoms. The molecule has 2 N–H and O–H groups in total. The first-order valence-electron chi connectivity index (χ1n) is 5.64. The van der Waals surface area contributed by atoms with Crippen molar-refractivity contribution in [2.24, 2.45) is 5.73 Å². The molecule has 0 amide bonds. The SMILES string of the molecule is NC(=S)c1ccc(COc2cccc(Cl)c2Cl)c(Cl)c1. The third kappa shape index (κ3) is 3.55. The Kier molecular flexibility index (Phi) is 5.11. The van der Waals surface area contributed by atoms with E-state index < -0.39 is 0 Å². The third-order valence-corrected chi connectivity index (χ3v) is 4.03. The lowest BCUT2D eigenvalue weighted by Gasteiger charge is -2.10. The van der Waals surface area contributed by atoms with E-state index in [2.05, 4.69) is 0 Å². The van der Waals surface area contributed by atoms with Gasteiger partial charge in [0.1, 0.15) is 22.4 Å². The molecule has 0 saturated heterocycles. The van der Waals surface area contributed by atoms with Crippen molar-refractivity contribution in [3.8, 4) is 5.75 Å². The van der Waals surface area contributed by atoms with Gasteiger partial charge in [-0.25, -0.2) is 0 Å². The molecule has 6 heteroatoms. The number of halogens is 3. The Bertz CT molecular complexity index is 661. The summed E-state index contributed by atoms with van der Waals surface area (Å²) in [5.41, 5.74) is 7.07. The molecular weight excluding hydrogens is 337 g/mol. The molecule has 2 aromatic rings. The fourth-order valence-corrected chi connectivity index (χ4v) is 2.28. The maximum atomic E-state index is 6.16. The highest BCUT2D eigenvalue weighted by Gasteiger charge is 2.08. The minimum Gasteiger partial charge on any atom is -0.487 e. The molecule has 104 valence electrons. The zero-order chi connectivity index (χ0) is 14.7. The second-order valence-electron chi connectivity index (χ2n) is 4.01. The van der Waals surface area contributed by atoms with Crippen molar-refractivity contribution in [2.45, 2.75) is 6.61 Å². The van der Waals surface area contributed by atoms with Crippen molar-refractivity contribution in [1.29, 1.82) is 0 Å². The van der Waals surface area contributed by atoms with Crippen molar-refractivity contribution >= 4 is 52.0 Å². The smallest absolute Gasteiger partial charge is 0.139 e. The Balaban J connectivity index is 2.15. The highest BCUT2D eigenvalue weighted by Crippen LogP contribution is 2.32. The Morgan fingerprint density at radius 3 is 2.50 bits per heavy atom. The van der Waals surface area contributed by atoms with Crippen LogP contribution >= 0.6 is 47.0 Å². The van der Waals surface area contributed by atoms with Gasteiger partial charge in [-0.15, -0.1) is 0 Å². The summed E-state index contributed by atoms with van der Waals surface area (Å²) in [6.45, 7) is 0.274. The molecule has 0 heterocycles. The molecule has 2 rings (SSSR count). The van der Waals surface area contributed by atoms with Gasteiger partial charge in [-0.05, 0) is 18.2 Å². The molecule has 0 bridgehead atoms. The van der Waals surface area contributed by atoms with Gasteiger partial charge in [-0.3, -0.25) is 0 Å². The number of hydrogen-bond donors (Lipinski definition) is 1. The lowest BCUT2D eigenvalue weighted by molar-refractivity contribution is 0.306. The number of rotatable bonds is 4. The molecule has 2 aromatic carbocycles. The number of ether oxygens (including phenoxy) is 1. The van der Waals surface area contributed by atoms with Crippen LogP contribution in [-0.2, 0) is 6.61 Å². The Hall–Kier alpha value is -1.000. The summed E-state index contributed by atoms with van der Waals surface area (Å²) < 4.78 is 5.62. The van der Waals surface area contributed by atoms with Gasteiger partial charge in [0.15, 0.2) is 0 Å². The number of hydrogen-bond acceptors (Lipinski definition) is 2. The van der Waals surface area contributed by atoms with Gasteiger partial charge in [0.2, 0.25) is 0 Å². The average Bonchev–Trinajstić information content (AvgIpc) is 2.41. The molecular formula is C14H10Cl3NOS. The van der Waals surface area contributed by atoms with Gasteiger partial charge in [-0.2, -0.15) is 0 Å². The summed E-state index contributed by atoms with van der Waals surface area (Å²) in [5.74, 6) is 0.508. The molecule has 0 aliphatic carbocycles. The number of benzene rings is 2. The van der Waals surface area contributed by atoms with Crippen molar-refractivity contribution in [3.05, 3.63) is 62.6 Å². The highest BCUT2D eigenvalue weighted by atomic mass is 35.5. The first kappa shape index (κ1) is 15.4. The summed E-state index contributed by atoms with van der Waals surface area (Å²) in [7, 11) is 0. The van der Waals surface area contributed by atoms with Crippen molar-refractivity contribution in [3.63, 3.8) is 0 Å². The van der Waals surface area contributed by atoms with Gasteiger partial charge in [0, 0.05) is 16.1 Å². The second-order valence-corrected chi connectivity index (χ2v) is 5.64. The fourth-order valence-electron chi connectivity index (χ4n) is 1.57. The topological polar surface area (TPSA) is 35.2 Å². The molecule has 0 saturated carbocycles. The molecule has 0 atom stereocenters. The van der Waals surface area contributed by atoms with Crippen LogP contribution in [-0.4, -0.2) is 4.99 Å². The summed E-state index contributed by atoms with van der Waals surface area (Å²) in [6, 6.07) is 10.5. The zero-order valence-corrected chi connectivity index (χ0v) is 13.3. The van der Waals surface area contributed by atoms with E-state index in [1.807, 2.05) is 6.07 Å². The normalized spacial score (nSPS) is 10.3. The lowest BCUT2D eigenvalue weighted by atomic mass is 10.1. The van der Waals surface area contributed by atoms with Crippen molar-refractivity contribution < 1.29 is 4.74 Å². The van der Waals surface area contributed by atoms with E-state index in [9.17, 15) is 0 Å². The third-order valence-electron chi connectivity index (χ3n) is 2.64. The van der Waals surface area contributed by atoms with E-state index in [4.69, 9.17) is 57.5 Å². The average molecular weight is 347 g/mol. The predicted molar refractivity (Wildman–Crippen MR) is 88.1 cm³/mol. The van der Waals surface area contributed by atoms with Crippen LogP contribution in [0.15, 0.2) is 36.4 Å². The van der Waals surface area contributed by atoms with Crippen LogP contribution in [0.4, 0.5) is 0 Å². The van der Waals surface area contributed by atoms with Gasteiger partial charge in [0.05, 0.1) is 5.02 Å². The quantitative estimate of drug-likeness (QED) is 0.803. The summed E-state index contributed by atoms with van der Waals surface area (Å²) in [4.78, 5) is 0.303. The zero-order valence-electron chi connectivity index (χ0n) is 10.2. The van der Waals surface area contributed by atoms with Crippen LogP contribution in [0.2, 0.25) is 15.1 Å². The van der Waals surface area contributed by atoms with Crippen LogP contribution in [0, 0.1) is 0 Å². The van der Waals surface area contributed by atoms with Gasteiger partial charge in [-0.1, -0.05) is 65.2 Å². The van der Waals surface area contributed by atoms with Crippen LogP contribution < -0.4 is 10.5 Å². The molecule has 0 aromatic heterocycles. The van der Waals surface area contributed by atoms with Crippen LogP contribution in [0.1, 0.15) is 11.1 Å². The van der Waals surface area contributed by atoms with Crippen LogP contribution in [0.5, 0.6) is 5.75 Å². The highest BCUT2D eigenvalue weighted by molar-refractivity contribution is 7.80. The minimum absolute atomic E-state index is 0.274. The van der Waals surface area contributed by atoms with E-state index in [0.29, 0.717) is 25.8 Å². The van der Waals surface area contributed by atoms with E-state index >= 15 is 0 Å². The first-order valence-corrected chi connectivity index (χ1v) is 7.18. The maximum absolute atomic E-state index is 6.16. The molecule has 0 aliphatic rings. The van der Waals surface area contributed by atoms with Crippen LogP contribution in [0.3, 0.4) is 0 Å². The maximum Gasteiger partial charge on any atom is 0.139 e. The lowest BCUT2D eigenvalue weighted by Crippen LogP contribution is -2.09. The Labute approximate surface area is 137 Å². The van der Waals surface area contributed by atoms with E-state index in [-0.39, 0.29) is 6.61 Å². The van der Waals surface area contributed by atoms with Gasteiger partial charge >= 0.3 is 0 Å². The summed E-state index contributed by atoms with van der Waals surface area (Å²) in [6.07, 6.45) is 0. The van der Waals surface area contributed by atoms with Crippen molar-refractivity contribution in [1.82, 2.24) is 0 Å². The van der Waals surface area contributed by atoms with E-state index in [1.54, 1.807) is 30.3 Å². The molecule has 0 aliphatic heterocycles. The van der Waals surface area contributed by atoms with Gasteiger partial charge < -0.3 is 10.5 Å². The van der Waals surface area contributed by atoms with Crippen molar-refractivity contribution in [2.75, 3.05) is 0 Å². The molecule has 0 fully saturated rings. The summed E-state index contributed by atoms with van der Waals surface area (Å²) >= 11 is 23.0. The van der Waals surface area contributed by atoms with Crippen LogP contribution in [0.25, 0.3) is 0 Å². The molecule has 2 nitrogen and oxygen atoms in total. The van der Waals surface area contributed by atoms with Gasteiger partial charge in [0.25, 0.3) is 0 Å². The predicted octanol–water partition coefficient (Wildman–Crippen LogP) is 4.86. The van der Waals surface area contributed by atoms with E-state index in [0.717, 1.165) is 11.1 Å². The molecule has 0 unspecified atom stereocenters. The first-order chi connectivity index (χ1) is 9.49. The minimum atomic E-state index is 0.274. The number of nitrogens with two attached hydrogens (primary N) is 1. The van der Waals surface area contributed by atoms with E-state index in [1.165, 1.54) is 0 Å². The number of thiocarbonyl (C=S) groups is 1. The molecule has 0 radical (unpaired) electrons. The fraction of sp³-hybridized carbons (Fsp3) is 0.0714. The summed E-state index contributed by atoms with van der Waals surface area (Å²) in [5, 5.41) is 1.36. The Morgan fingerprint density at radius 2 is 1.85 bits per heavy atom.